The average Bonchev–Trinajstić information content (AvgIpc) is 3.00. The molecular formula is C22H16N2O5S. The van der Waals surface area contributed by atoms with Gasteiger partial charge in [-0.1, -0.05) is 48.5 Å². The van der Waals surface area contributed by atoms with Crippen LogP contribution in [0.25, 0.3) is 0 Å². The molecule has 0 unspecified atom stereocenters. The molecule has 3 amide bonds. The minimum absolute atomic E-state index is 0.0791. The molecule has 0 fully saturated rings. The van der Waals surface area contributed by atoms with E-state index in [-0.39, 0.29) is 21.7 Å². The Morgan fingerprint density at radius 3 is 1.73 bits per heavy atom. The molecule has 0 aliphatic carbocycles. The molecule has 3 aromatic carbocycles. The van der Waals surface area contributed by atoms with Crippen LogP contribution in [0.4, 0.5) is 5.69 Å². The lowest BCUT2D eigenvalue weighted by atomic mass is 10.1. The van der Waals surface area contributed by atoms with E-state index in [4.69, 9.17) is 0 Å². The van der Waals surface area contributed by atoms with Crippen LogP contribution in [-0.2, 0) is 14.8 Å². The molecule has 3 aromatic rings. The van der Waals surface area contributed by atoms with Crippen molar-refractivity contribution in [2.45, 2.75) is 4.90 Å². The number of fused-ring (bicyclic) bond motifs is 1. The molecule has 1 aliphatic heterocycles. The van der Waals surface area contributed by atoms with Crippen molar-refractivity contribution in [1.82, 2.24) is 4.90 Å². The molecule has 0 spiro atoms. The summed E-state index contributed by atoms with van der Waals surface area (Å²) in [5, 5.41) is 0. The molecule has 0 N–H and O–H groups in total. The van der Waals surface area contributed by atoms with E-state index in [1.807, 2.05) is 0 Å². The van der Waals surface area contributed by atoms with Crippen molar-refractivity contribution in [3.63, 3.8) is 0 Å². The number of carbonyl (C=O) groups is 3. The summed E-state index contributed by atoms with van der Waals surface area (Å²) in [4.78, 5) is 39.1. The Morgan fingerprint density at radius 1 is 0.733 bits per heavy atom. The lowest BCUT2D eigenvalue weighted by molar-refractivity contribution is -0.117. The van der Waals surface area contributed by atoms with E-state index in [0.717, 1.165) is 4.90 Å². The fourth-order valence-electron chi connectivity index (χ4n) is 3.26. The summed E-state index contributed by atoms with van der Waals surface area (Å²) in [7, 11) is -4.26. The smallest absolute Gasteiger partial charge is 0.270 e. The van der Waals surface area contributed by atoms with Gasteiger partial charge in [0.25, 0.3) is 27.7 Å². The predicted molar refractivity (Wildman–Crippen MR) is 109 cm³/mol. The maximum absolute atomic E-state index is 13.2. The molecular weight excluding hydrogens is 404 g/mol. The van der Waals surface area contributed by atoms with Crippen molar-refractivity contribution in [2.24, 2.45) is 0 Å². The first-order valence-electron chi connectivity index (χ1n) is 9.05. The topological polar surface area (TPSA) is 91.8 Å². The molecule has 30 heavy (non-hydrogen) atoms. The van der Waals surface area contributed by atoms with Crippen molar-refractivity contribution in [3.05, 3.63) is 96.1 Å². The van der Waals surface area contributed by atoms with Gasteiger partial charge in [0.15, 0.2) is 0 Å². The number of anilines is 1. The number of nitrogens with zero attached hydrogens (tertiary/aromatic N) is 2. The maximum atomic E-state index is 13.2. The van der Waals surface area contributed by atoms with E-state index in [0.29, 0.717) is 4.31 Å². The SMILES string of the molecule is O=C1c2ccccc2C(=O)N1CC(=O)N(c1ccccc1)S(=O)(=O)c1ccccc1. The predicted octanol–water partition coefficient (Wildman–Crippen LogP) is 2.70. The molecule has 0 atom stereocenters. The molecule has 150 valence electrons. The number of rotatable bonds is 5. The van der Waals surface area contributed by atoms with Crippen LogP contribution in [0.3, 0.4) is 0 Å². The molecule has 1 heterocycles. The van der Waals surface area contributed by atoms with Crippen LogP contribution in [0.15, 0.2) is 89.8 Å². The lowest BCUT2D eigenvalue weighted by Crippen LogP contribution is -2.45. The van der Waals surface area contributed by atoms with Gasteiger partial charge in [-0.2, -0.15) is 0 Å². The van der Waals surface area contributed by atoms with Crippen LogP contribution < -0.4 is 4.31 Å². The highest BCUT2D eigenvalue weighted by molar-refractivity contribution is 7.93. The van der Waals surface area contributed by atoms with Gasteiger partial charge in [0.2, 0.25) is 0 Å². The second-order valence-corrected chi connectivity index (χ2v) is 8.34. The molecule has 0 saturated carbocycles. The van der Waals surface area contributed by atoms with Gasteiger partial charge >= 0.3 is 0 Å². The highest BCUT2D eigenvalue weighted by Gasteiger charge is 2.39. The Balaban J connectivity index is 1.72. The Labute approximate surface area is 173 Å². The largest absolute Gasteiger partial charge is 0.271 e. The second kappa shape index (κ2) is 7.57. The van der Waals surface area contributed by atoms with Gasteiger partial charge in [-0.05, 0) is 36.4 Å². The van der Waals surface area contributed by atoms with E-state index in [9.17, 15) is 22.8 Å². The first-order chi connectivity index (χ1) is 14.4. The Morgan fingerprint density at radius 2 is 1.20 bits per heavy atom. The summed E-state index contributed by atoms with van der Waals surface area (Å²) >= 11 is 0. The molecule has 0 saturated heterocycles. The molecule has 7 nitrogen and oxygen atoms in total. The molecule has 8 heteroatoms. The summed E-state index contributed by atoms with van der Waals surface area (Å²) in [6, 6.07) is 21.6. The molecule has 4 rings (SSSR count). The first-order valence-corrected chi connectivity index (χ1v) is 10.5. The molecule has 0 bridgehead atoms. The first kappa shape index (κ1) is 19.5. The van der Waals surface area contributed by atoms with Gasteiger partial charge in [0.05, 0.1) is 21.7 Å². The van der Waals surface area contributed by atoms with Crippen molar-refractivity contribution in [3.8, 4) is 0 Å². The number of imide groups is 1. The highest BCUT2D eigenvalue weighted by Crippen LogP contribution is 2.26. The summed E-state index contributed by atoms with van der Waals surface area (Å²) in [6.45, 7) is -0.701. The number of sulfonamides is 1. The van der Waals surface area contributed by atoms with E-state index in [1.54, 1.807) is 48.5 Å². The van der Waals surface area contributed by atoms with Gasteiger partial charge in [-0.3, -0.25) is 19.3 Å². The number of para-hydroxylation sites is 1. The Kier molecular flexibility index (Phi) is 4.93. The standard InChI is InChI=1S/C22H16N2O5S/c25-20(15-23-21(26)18-13-7-8-14-19(18)22(23)27)24(16-9-3-1-4-10-16)30(28,29)17-11-5-2-6-12-17/h1-14H,15H2. The summed E-state index contributed by atoms with van der Waals surface area (Å²) in [6.07, 6.45) is 0. The minimum atomic E-state index is -4.26. The number of hydrogen-bond donors (Lipinski definition) is 0. The summed E-state index contributed by atoms with van der Waals surface area (Å²) < 4.78 is 27.1. The van der Waals surface area contributed by atoms with Gasteiger partial charge in [0.1, 0.15) is 6.54 Å². The third-order valence-electron chi connectivity index (χ3n) is 4.67. The molecule has 0 radical (unpaired) electrons. The zero-order chi connectivity index (χ0) is 21.3. The number of hydrogen-bond acceptors (Lipinski definition) is 5. The zero-order valence-electron chi connectivity index (χ0n) is 15.6. The molecule has 0 aromatic heterocycles. The van der Waals surface area contributed by atoms with Crippen LogP contribution in [0.5, 0.6) is 0 Å². The number of carbonyl (C=O) groups excluding carboxylic acids is 3. The number of amides is 3. The van der Waals surface area contributed by atoms with E-state index >= 15 is 0 Å². The van der Waals surface area contributed by atoms with Gasteiger partial charge in [-0.15, -0.1) is 0 Å². The van der Waals surface area contributed by atoms with Crippen LogP contribution in [0.1, 0.15) is 20.7 Å². The van der Waals surface area contributed by atoms with E-state index in [1.165, 1.54) is 36.4 Å². The van der Waals surface area contributed by atoms with Crippen molar-refractivity contribution < 1.29 is 22.8 Å². The van der Waals surface area contributed by atoms with Crippen LogP contribution in [-0.4, -0.2) is 37.6 Å². The van der Waals surface area contributed by atoms with Crippen LogP contribution in [0, 0.1) is 0 Å². The Hall–Kier alpha value is -3.78. The van der Waals surface area contributed by atoms with Crippen molar-refractivity contribution in [2.75, 3.05) is 10.8 Å². The lowest BCUT2D eigenvalue weighted by Gasteiger charge is -2.24. The fraction of sp³-hybridized carbons (Fsp3) is 0.0455. The third-order valence-corrected chi connectivity index (χ3v) is 6.43. The van der Waals surface area contributed by atoms with Gasteiger partial charge in [0, 0.05) is 0 Å². The summed E-state index contributed by atoms with van der Waals surface area (Å²) in [5.41, 5.74) is 0.489. The van der Waals surface area contributed by atoms with Crippen LogP contribution in [0.2, 0.25) is 0 Å². The average molecular weight is 420 g/mol. The summed E-state index contributed by atoms with van der Waals surface area (Å²) in [5.74, 6) is -2.18. The highest BCUT2D eigenvalue weighted by atomic mass is 32.2. The minimum Gasteiger partial charge on any atom is -0.271 e. The fourth-order valence-corrected chi connectivity index (χ4v) is 4.70. The van der Waals surface area contributed by atoms with Gasteiger partial charge < -0.3 is 0 Å². The normalized spacial score (nSPS) is 13.3. The quantitative estimate of drug-likeness (QED) is 0.592. The molecule has 1 aliphatic rings. The van der Waals surface area contributed by atoms with Crippen molar-refractivity contribution in [1.29, 1.82) is 0 Å². The zero-order valence-corrected chi connectivity index (χ0v) is 16.5. The third kappa shape index (κ3) is 3.27. The van der Waals surface area contributed by atoms with Crippen molar-refractivity contribution >= 4 is 33.4 Å². The monoisotopic (exact) mass is 420 g/mol. The van der Waals surface area contributed by atoms with E-state index < -0.39 is 34.3 Å². The van der Waals surface area contributed by atoms with Crippen LogP contribution >= 0.6 is 0 Å². The second-order valence-electron chi connectivity index (χ2n) is 6.55. The van der Waals surface area contributed by atoms with Gasteiger partial charge in [-0.25, -0.2) is 12.7 Å². The Bertz CT molecular complexity index is 1210. The number of benzene rings is 3. The maximum Gasteiger partial charge on any atom is 0.270 e. The van der Waals surface area contributed by atoms with E-state index in [2.05, 4.69) is 0 Å².